The van der Waals surface area contributed by atoms with E-state index >= 15 is 0 Å². The Morgan fingerprint density at radius 1 is 0.970 bits per heavy atom. The fraction of sp³-hybridized carbons (Fsp3) is 0.429. The van der Waals surface area contributed by atoms with E-state index in [0.717, 1.165) is 30.3 Å². The van der Waals surface area contributed by atoms with Crippen LogP contribution in [-0.2, 0) is 27.0 Å². The molecule has 0 N–H and O–H groups in total. The van der Waals surface area contributed by atoms with Crippen LogP contribution in [0.25, 0.3) is 0 Å². The predicted octanol–water partition coefficient (Wildman–Crippen LogP) is 5.11. The zero-order valence-corrected chi connectivity index (χ0v) is 18.4. The summed E-state index contributed by atoms with van der Waals surface area (Å²) in [4.78, 5) is 17.1. The Morgan fingerprint density at radius 3 is 2.12 bits per heavy atom. The van der Waals surface area contributed by atoms with Gasteiger partial charge in [-0.2, -0.15) is 26.3 Å². The summed E-state index contributed by atoms with van der Waals surface area (Å²) in [5.74, 6) is -1.26. The average Bonchev–Trinajstić information content (AvgIpc) is 2.72. The van der Waals surface area contributed by atoms with Gasteiger partial charge in [-0.15, -0.1) is 0 Å². The molecule has 0 bridgehead atoms. The van der Waals surface area contributed by atoms with Crippen LogP contribution in [-0.4, -0.2) is 30.6 Å². The first kappa shape index (κ1) is 25.0. The van der Waals surface area contributed by atoms with E-state index in [1.165, 1.54) is 18.7 Å². The lowest BCUT2D eigenvalue weighted by atomic mass is 9.85. The minimum atomic E-state index is -4.72. The fourth-order valence-electron chi connectivity index (χ4n) is 3.74. The summed E-state index contributed by atoms with van der Waals surface area (Å²) in [6.07, 6.45) is -8.78. The Balaban J connectivity index is 1.82. The number of sulfone groups is 1. The zero-order valence-electron chi connectivity index (χ0n) is 17.5. The molecule has 180 valence electrons. The molecule has 1 saturated heterocycles. The highest BCUT2D eigenvalue weighted by atomic mass is 32.2. The first-order chi connectivity index (χ1) is 15.0. The van der Waals surface area contributed by atoms with Gasteiger partial charge in [0.1, 0.15) is 5.82 Å². The van der Waals surface area contributed by atoms with Crippen molar-refractivity contribution in [2.75, 3.05) is 11.4 Å². The molecule has 0 unspecified atom stereocenters. The van der Waals surface area contributed by atoms with Crippen molar-refractivity contribution in [1.29, 1.82) is 0 Å². The highest BCUT2D eigenvalue weighted by Crippen LogP contribution is 2.40. The van der Waals surface area contributed by atoms with Gasteiger partial charge in [0.25, 0.3) is 0 Å². The smallest absolute Gasteiger partial charge is 0.297 e. The molecule has 1 fully saturated rings. The van der Waals surface area contributed by atoms with Gasteiger partial charge in [-0.25, -0.2) is 13.4 Å². The molecule has 1 aromatic carbocycles. The largest absolute Gasteiger partial charge is 0.417 e. The summed E-state index contributed by atoms with van der Waals surface area (Å²) in [5, 5.41) is 0. The van der Waals surface area contributed by atoms with Gasteiger partial charge in [0.05, 0.1) is 20.8 Å². The van der Waals surface area contributed by atoms with Crippen molar-refractivity contribution in [3.8, 4) is 0 Å². The van der Waals surface area contributed by atoms with Gasteiger partial charge in [-0.05, 0) is 56.5 Å². The summed E-state index contributed by atoms with van der Waals surface area (Å²) >= 11 is 0. The Labute approximate surface area is 186 Å². The maximum absolute atomic E-state index is 13.2. The number of anilines is 1. The maximum Gasteiger partial charge on any atom is 0.417 e. The van der Waals surface area contributed by atoms with Gasteiger partial charge >= 0.3 is 12.4 Å². The van der Waals surface area contributed by atoms with E-state index in [-0.39, 0.29) is 25.2 Å². The third kappa shape index (κ3) is 4.85. The molecule has 2 aromatic rings. The van der Waals surface area contributed by atoms with E-state index in [9.17, 15) is 39.6 Å². The van der Waals surface area contributed by atoms with E-state index in [2.05, 4.69) is 4.98 Å². The molecule has 1 aliphatic rings. The Morgan fingerprint density at radius 2 is 1.61 bits per heavy atom. The number of hydrogen-bond acceptors (Lipinski definition) is 4. The van der Waals surface area contributed by atoms with Gasteiger partial charge in [0.2, 0.25) is 5.91 Å². The number of aromatic nitrogens is 1. The first-order valence-corrected chi connectivity index (χ1v) is 11.3. The van der Waals surface area contributed by atoms with E-state index in [4.69, 9.17) is 0 Å². The number of carbonyl (C=O) groups excluding carboxylic acids is 1. The second-order valence-electron chi connectivity index (χ2n) is 8.27. The van der Waals surface area contributed by atoms with Crippen LogP contribution in [0, 0.1) is 5.92 Å². The Kier molecular flexibility index (Phi) is 6.29. The predicted molar refractivity (Wildman–Crippen MR) is 107 cm³/mol. The molecule has 1 amide bonds. The number of carbonyl (C=O) groups is 1. The van der Waals surface area contributed by atoms with E-state index < -0.39 is 54.8 Å². The molecule has 1 aliphatic heterocycles. The van der Waals surface area contributed by atoms with Crippen LogP contribution in [0.4, 0.5) is 32.2 Å². The quantitative estimate of drug-likeness (QED) is 0.554. The number of pyridine rings is 1. The van der Waals surface area contributed by atoms with Gasteiger partial charge in [-0.3, -0.25) is 9.69 Å². The monoisotopic (exact) mass is 494 g/mol. The molecular formula is C21H20F6N2O3S. The van der Waals surface area contributed by atoms with E-state index in [0.29, 0.717) is 12.3 Å². The maximum atomic E-state index is 13.2. The molecule has 33 heavy (non-hydrogen) atoms. The van der Waals surface area contributed by atoms with Gasteiger partial charge in [0.15, 0.2) is 9.84 Å². The Hall–Kier alpha value is -2.63. The number of alkyl halides is 6. The van der Waals surface area contributed by atoms with Crippen LogP contribution < -0.4 is 4.90 Å². The number of halogens is 6. The fourth-order valence-corrected chi connectivity index (χ4v) is 5.53. The molecule has 12 heteroatoms. The number of piperidine rings is 1. The lowest BCUT2D eigenvalue weighted by Gasteiger charge is -2.39. The van der Waals surface area contributed by atoms with Gasteiger partial charge < -0.3 is 0 Å². The first-order valence-electron chi connectivity index (χ1n) is 9.80. The standard InChI is InChI=1S/C21H20F6N2O3S/c1-19(2,33(31,32)16-5-3-4-14(10-16)20(22,23)24)13-8-9-29(18(30)11-13)17-7-6-15(12-28-17)21(25,26)27/h3-7,10,12-13H,8-9,11H2,1-2H3/t13-/m1/s1. The van der Waals surface area contributed by atoms with Crippen molar-refractivity contribution < 1.29 is 39.6 Å². The van der Waals surface area contributed by atoms with Crippen molar-refractivity contribution in [3.05, 3.63) is 53.7 Å². The van der Waals surface area contributed by atoms with Crippen LogP contribution in [0.15, 0.2) is 47.5 Å². The molecule has 0 aliphatic carbocycles. The van der Waals surface area contributed by atoms with Crippen LogP contribution in [0.1, 0.15) is 37.8 Å². The second-order valence-corrected chi connectivity index (χ2v) is 10.8. The van der Waals surface area contributed by atoms with Crippen LogP contribution in [0.3, 0.4) is 0 Å². The zero-order chi connectivity index (χ0) is 24.8. The van der Waals surface area contributed by atoms with Crippen LogP contribution in [0.5, 0.6) is 0 Å². The molecule has 0 radical (unpaired) electrons. The Bertz CT molecular complexity index is 1140. The molecule has 0 saturated carbocycles. The number of rotatable bonds is 4. The van der Waals surface area contributed by atoms with Crippen molar-refractivity contribution in [3.63, 3.8) is 0 Å². The van der Waals surface area contributed by atoms with Crippen molar-refractivity contribution in [2.45, 2.75) is 48.7 Å². The van der Waals surface area contributed by atoms with Crippen molar-refractivity contribution in [2.24, 2.45) is 5.92 Å². The van der Waals surface area contributed by atoms with E-state index in [1.54, 1.807) is 0 Å². The summed E-state index contributed by atoms with van der Waals surface area (Å²) in [5.41, 5.74) is -2.07. The van der Waals surface area contributed by atoms with Crippen molar-refractivity contribution in [1.82, 2.24) is 4.98 Å². The molecular weight excluding hydrogens is 474 g/mol. The number of amides is 1. The normalized spacial score (nSPS) is 18.5. The lowest BCUT2D eigenvalue weighted by Crippen LogP contribution is -2.48. The third-order valence-electron chi connectivity index (χ3n) is 5.92. The molecule has 1 atom stereocenters. The van der Waals surface area contributed by atoms with Crippen molar-refractivity contribution >= 4 is 21.6 Å². The number of hydrogen-bond donors (Lipinski definition) is 0. The summed E-state index contributed by atoms with van der Waals surface area (Å²) < 4.78 is 102. The SMILES string of the molecule is CC(C)([C@@H]1CCN(c2ccc(C(F)(F)F)cn2)C(=O)C1)S(=O)(=O)c1cccc(C(F)(F)F)c1. The third-order valence-corrected chi connectivity index (χ3v) is 8.52. The lowest BCUT2D eigenvalue weighted by molar-refractivity contribution is -0.138. The molecule has 5 nitrogen and oxygen atoms in total. The molecule has 2 heterocycles. The summed E-state index contributed by atoms with van der Waals surface area (Å²) in [7, 11) is -4.26. The molecule has 3 rings (SSSR count). The second kappa shape index (κ2) is 8.30. The molecule has 1 aromatic heterocycles. The minimum absolute atomic E-state index is 0.00338. The average molecular weight is 494 g/mol. The number of benzene rings is 1. The van der Waals surface area contributed by atoms with Crippen LogP contribution in [0.2, 0.25) is 0 Å². The summed E-state index contributed by atoms with van der Waals surface area (Å²) in [6, 6.07) is 5.28. The van der Waals surface area contributed by atoms with Gasteiger partial charge in [-0.1, -0.05) is 6.07 Å². The highest BCUT2D eigenvalue weighted by Gasteiger charge is 2.46. The van der Waals surface area contributed by atoms with Gasteiger partial charge in [0, 0.05) is 19.2 Å². The topological polar surface area (TPSA) is 67.3 Å². The highest BCUT2D eigenvalue weighted by molar-refractivity contribution is 7.92. The van der Waals surface area contributed by atoms with E-state index in [1.807, 2.05) is 0 Å². The molecule has 0 spiro atoms. The minimum Gasteiger partial charge on any atom is -0.297 e. The summed E-state index contributed by atoms with van der Waals surface area (Å²) in [6.45, 7) is 2.71. The number of nitrogens with zero attached hydrogens (tertiary/aromatic N) is 2. The van der Waals surface area contributed by atoms with Crippen LogP contribution >= 0.6 is 0 Å².